The minimum absolute atomic E-state index is 0.0570. The van der Waals surface area contributed by atoms with Crippen molar-refractivity contribution < 1.29 is 14.6 Å². The first kappa shape index (κ1) is 12.6. The van der Waals surface area contributed by atoms with Gasteiger partial charge in [-0.2, -0.15) is 0 Å². The van der Waals surface area contributed by atoms with Gasteiger partial charge in [0, 0.05) is 13.7 Å². The summed E-state index contributed by atoms with van der Waals surface area (Å²) < 4.78 is 4.76. The monoisotopic (exact) mass is 215 g/mol. The van der Waals surface area contributed by atoms with Crippen molar-refractivity contribution >= 4 is 5.78 Å². The number of likely N-dealkylation sites (N-methyl/N-ethyl adjacent to an activating group) is 1. The van der Waals surface area contributed by atoms with Crippen LogP contribution in [0.1, 0.15) is 25.7 Å². The first-order chi connectivity index (χ1) is 7.06. The molecule has 1 saturated carbocycles. The topological polar surface area (TPSA) is 49.8 Å². The highest BCUT2D eigenvalue weighted by Crippen LogP contribution is 2.29. The first-order valence-corrected chi connectivity index (χ1v) is 5.47. The van der Waals surface area contributed by atoms with E-state index in [0.717, 1.165) is 25.7 Å². The van der Waals surface area contributed by atoms with E-state index in [1.165, 1.54) is 7.11 Å². The zero-order valence-corrected chi connectivity index (χ0v) is 9.66. The lowest BCUT2D eigenvalue weighted by atomic mass is 10.0. The van der Waals surface area contributed by atoms with Crippen molar-refractivity contribution in [2.45, 2.75) is 31.3 Å². The SMILES string of the molecule is COCC(=O)CN(C)CC1(O)CCCC1. The van der Waals surface area contributed by atoms with Gasteiger partial charge in [0.1, 0.15) is 6.61 Å². The molecule has 1 N–H and O–H groups in total. The van der Waals surface area contributed by atoms with E-state index in [9.17, 15) is 9.90 Å². The molecule has 0 spiro atoms. The van der Waals surface area contributed by atoms with Crippen molar-refractivity contribution in [2.75, 3.05) is 33.9 Å². The Morgan fingerprint density at radius 1 is 1.47 bits per heavy atom. The molecule has 4 nitrogen and oxygen atoms in total. The number of hydrogen-bond donors (Lipinski definition) is 1. The minimum Gasteiger partial charge on any atom is -0.389 e. The predicted molar refractivity (Wildman–Crippen MR) is 57.8 cm³/mol. The van der Waals surface area contributed by atoms with Crippen LogP contribution in [0.15, 0.2) is 0 Å². The Labute approximate surface area is 91.2 Å². The number of ketones is 1. The number of Topliss-reactive ketones (excluding diaryl/α,β-unsaturated/α-hetero) is 1. The van der Waals surface area contributed by atoms with E-state index in [4.69, 9.17) is 4.74 Å². The molecule has 1 fully saturated rings. The molecule has 15 heavy (non-hydrogen) atoms. The lowest BCUT2D eigenvalue weighted by Crippen LogP contribution is -2.41. The number of ether oxygens (including phenoxy) is 1. The molecular weight excluding hydrogens is 194 g/mol. The Hall–Kier alpha value is -0.450. The smallest absolute Gasteiger partial charge is 0.172 e. The van der Waals surface area contributed by atoms with Crippen molar-refractivity contribution in [1.82, 2.24) is 4.90 Å². The summed E-state index contributed by atoms with van der Waals surface area (Å²) in [6.07, 6.45) is 3.90. The van der Waals surface area contributed by atoms with Gasteiger partial charge in [-0.15, -0.1) is 0 Å². The molecule has 0 heterocycles. The van der Waals surface area contributed by atoms with Crippen LogP contribution in [0.2, 0.25) is 0 Å². The average Bonchev–Trinajstić information content (AvgIpc) is 2.51. The maximum atomic E-state index is 11.3. The second-order valence-electron chi connectivity index (χ2n) is 4.58. The van der Waals surface area contributed by atoms with E-state index in [1.807, 2.05) is 11.9 Å². The van der Waals surface area contributed by atoms with Gasteiger partial charge in [-0.3, -0.25) is 9.69 Å². The first-order valence-electron chi connectivity index (χ1n) is 5.47. The maximum Gasteiger partial charge on any atom is 0.172 e. The molecule has 1 rings (SSSR count). The summed E-state index contributed by atoms with van der Waals surface area (Å²) >= 11 is 0. The van der Waals surface area contributed by atoms with E-state index >= 15 is 0 Å². The Morgan fingerprint density at radius 2 is 2.07 bits per heavy atom. The summed E-state index contributed by atoms with van der Waals surface area (Å²) in [5, 5.41) is 10.1. The van der Waals surface area contributed by atoms with E-state index in [0.29, 0.717) is 13.1 Å². The van der Waals surface area contributed by atoms with Gasteiger partial charge >= 0.3 is 0 Å². The molecule has 4 heteroatoms. The highest BCUT2D eigenvalue weighted by Gasteiger charge is 2.32. The van der Waals surface area contributed by atoms with Crippen molar-refractivity contribution in [3.05, 3.63) is 0 Å². The Kier molecular flexibility index (Phi) is 4.70. The number of hydrogen-bond acceptors (Lipinski definition) is 4. The van der Waals surface area contributed by atoms with E-state index in [1.54, 1.807) is 0 Å². The third-order valence-electron chi connectivity index (χ3n) is 2.85. The van der Waals surface area contributed by atoms with Gasteiger partial charge in [0.15, 0.2) is 5.78 Å². The van der Waals surface area contributed by atoms with Gasteiger partial charge in [0.05, 0.1) is 12.1 Å². The standard InChI is InChI=1S/C11H21NO3/c1-12(7-10(13)8-15-2)9-11(14)5-3-4-6-11/h14H,3-9H2,1-2H3. The molecule has 0 amide bonds. The summed E-state index contributed by atoms with van der Waals surface area (Å²) in [7, 11) is 3.38. The third kappa shape index (κ3) is 4.28. The highest BCUT2D eigenvalue weighted by atomic mass is 16.5. The van der Waals surface area contributed by atoms with Crippen LogP contribution < -0.4 is 0 Å². The molecular formula is C11H21NO3. The number of carbonyl (C=O) groups excluding carboxylic acids is 1. The number of aliphatic hydroxyl groups is 1. The maximum absolute atomic E-state index is 11.3. The summed E-state index contributed by atoms with van der Waals surface area (Å²) in [6.45, 7) is 1.10. The van der Waals surface area contributed by atoms with Crippen LogP contribution >= 0.6 is 0 Å². The van der Waals surface area contributed by atoms with Gasteiger partial charge in [-0.1, -0.05) is 12.8 Å². The Bertz CT molecular complexity index is 212. The molecule has 0 aromatic rings. The van der Waals surface area contributed by atoms with Crippen LogP contribution in [0.5, 0.6) is 0 Å². The molecule has 0 unspecified atom stereocenters. The normalized spacial score (nSPS) is 19.7. The van der Waals surface area contributed by atoms with E-state index < -0.39 is 5.60 Å². The van der Waals surface area contributed by atoms with Crippen molar-refractivity contribution in [2.24, 2.45) is 0 Å². The average molecular weight is 215 g/mol. The molecule has 88 valence electrons. The third-order valence-corrected chi connectivity index (χ3v) is 2.85. The summed E-state index contributed by atoms with van der Waals surface area (Å²) in [6, 6.07) is 0. The van der Waals surface area contributed by atoms with Gasteiger partial charge in [-0.25, -0.2) is 0 Å². The van der Waals surface area contributed by atoms with Gasteiger partial charge in [0.25, 0.3) is 0 Å². The van der Waals surface area contributed by atoms with Crippen molar-refractivity contribution in [1.29, 1.82) is 0 Å². The fourth-order valence-electron chi connectivity index (χ4n) is 2.26. The summed E-state index contributed by atoms with van der Waals surface area (Å²) in [5.74, 6) is 0.0570. The summed E-state index contributed by atoms with van der Waals surface area (Å²) in [5.41, 5.74) is -0.567. The number of rotatable bonds is 6. The lowest BCUT2D eigenvalue weighted by molar-refractivity contribution is -0.124. The Balaban J connectivity index is 2.28. The molecule has 0 bridgehead atoms. The predicted octanol–water partition coefficient (Wildman–Crippen LogP) is 0.439. The van der Waals surface area contributed by atoms with E-state index in [2.05, 4.69) is 0 Å². The highest BCUT2D eigenvalue weighted by molar-refractivity contribution is 5.81. The minimum atomic E-state index is -0.567. The zero-order valence-electron chi connectivity index (χ0n) is 9.66. The van der Waals surface area contributed by atoms with Crippen LogP contribution in [-0.4, -0.2) is 55.2 Å². The largest absolute Gasteiger partial charge is 0.389 e. The van der Waals surface area contributed by atoms with Gasteiger partial charge in [-0.05, 0) is 19.9 Å². The van der Waals surface area contributed by atoms with Crippen LogP contribution in [0.4, 0.5) is 0 Å². The summed E-state index contributed by atoms with van der Waals surface area (Å²) in [4.78, 5) is 13.2. The molecule has 0 aliphatic heterocycles. The molecule has 0 saturated heterocycles. The molecule has 0 atom stereocenters. The second kappa shape index (κ2) is 5.58. The van der Waals surface area contributed by atoms with Gasteiger partial charge in [0.2, 0.25) is 0 Å². The number of nitrogens with zero attached hydrogens (tertiary/aromatic N) is 1. The van der Waals surface area contributed by atoms with Gasteiger partial charge < -0.3 is 9.84 Å². The van der Waals surface area contributed by atoms with E-state index in [-0.39, 0.29) is 12.4 Å². The van der Waals surface area contributed by atoms with Crippen LogP contribution in [0.3, 0.4) is 0 Å². The van der Waals surface area contributed by atoms with Crippen LogP contribution in [-0.2, 0) is 9.53 Å². The lowest BCUT2D eigenvalue weighted by Gasteiger charge is -2.28. The molecule has 1 aliphatic rings. The fraction of sp³-hybridized carbons (Fsp3) is 0.909. The Morgan fingerprint density at radius 3 is 2.60 bits per heavy atom. The molecule has 1 aliphatic carbocycles. The quantitative estimate of drug-likeness (QED) is 0.698. The number of carbonyl (C=O) groups is 1. The molecule has 0 radical (unpaired) electrons. The fourth-order valence-corrected chi connectivity index (χ4v) is 2.26. The van der Waals surface area contributed by atoms with Crippen LogP contribution in [0, 0.1) is 0 Å². The molecule has 0 aromatic carbocycles. The van der Waals surface area contributed by atoms with Crippen molar-refractivity contribution in [3.8, 4) is 0 Å². The molecule has 0 aromatic heterocycles. The van der Waals surface area contributed by atoms with Crippen LogP contribution in [0.25, 0.3) is 0 Å². The number of methoxy groups -OCH3 is 1. The second-order valence-corrected chi connectivity index (χ2v) is 4.58. The van der Waals surface area contributed by atoms with Crippen molar-refractivity contribution in [3.63, 3.8) is 0 Å². The zero-order chi connectivity index (χ0) is 11.3.